The third-order valence-corrected chi connectivity index (χ3v) is 6.93. The van der Waals surface area contributed by atoms with E-state index in [2.05, 4.69) is 50.2 Å². The third kappa shape index (κ3) is 9.12. The molecule has 1 unspecified atom stereocenters. The normalized spacial score (nSPS) is 17.9. The molecule has 0 bridgehead atoms. The first-order valence-corrected chi connectivity index (χ1v) is 13.5. The summed E-state index contributed by atoms with van der Waals surface area (Å²) in [4.78, 5) is 37.5. The first kappa shape index (κ1) is 28.6. The molecule has 3 rings (SSSR count). The number of rotatable bonds is 16. The molecule has 10 heteroatoms. The van der Waals surface area contributed by atoms with Crippen LogP contribution < -0.4 is 20.7 Å². The summed E-state index contributed by atoms with van der Waals surface area (Å²) in [5.41, 5.74) is 7.94. The Morgan fingerprint density at radius 2 is 2.03 bits per heavy atom. The summed E-state index contributed by atoms with van der Waals surface area (Å²) in [5.74, 6) is 1.03. The van der Waals surface area contributed by atoms with E-state index in [1.54, 1.807) is 0 Å². The molecule has 3 N–H and O–H groups in total. The molecule has 0 spiro atoms. The number of ether oxygens (including phenoxy) is 1. The number of anilines is 3. The van der Waals surface area contributed by atoms with Gasteiger partial charge in [0.15, 0.2) is 11.6 Å². The van der Waals surface area contributed by atoms with Crippen molar-refractivity contribution in [1.82, 2.24) is 19.8 Å². The first-order valence-electron chi connectivity index (χ1n) is 13.5. The standard InChI is InChI=1S/C27H43N7O3/c1-3-33(12-7-8-16-35)15-17-37-27-30-25(28)24(29-21-36)26(31-27)32(2)19-22-10-9-11-23(18-22)20-34-13-5-4-6-14-34/h9,11,16,18,21-22H,3-8,10,12-15,17,19-20H2,1-2H3,(H,29,36)(H2,28,30,31). The Bertz CT molecular complexity index is 931. The highest BCUT2D eigenvalue weighted by atomic mass is 16.5. The maximum absolute atomic E-state index is 11.3. The van der Waals surface area contributed by atoms with Gasteiger partial charge in [0.05, 0.1) is 0 Å². The third-order valence-electron chi connectivity index (χ3n) is 6.93. The minimum atomic E-state index is 0.169. The molecule has 1 amide bonds. The minimum absolute atomic E-state index is 0.169. The van der Waals surface area contributed by atoms with Crippen LogP contribution in [0.5, 0.6) is 6.01 Å². The highest BCUT2D eigenvalue weighted by molar-refractivity contribution is 5.86. The molecular formula is C27H43N7O3. The van der Waals surface area contributed by atoms with Crippen LogP contribution >= 0.6 is 0 Å². The average Bonchev–Trinajstić information content (AvgIpc) is 2.90. The molecular weight excluding hydrogens is 470 g/mol. The summed E-state index contributed by atoms with van der Waals surface area (Å²) < 4.78 is 5.86. The molecule has 1 fully saturated rings. The molecule has 1 aromatic rings. The van der Waals surface area contributed by atoms with Gasteiger partial charge in [-0.05, 0) is 63.4 Å². The van der Waals surface area contributed by atoms with Crippen molar-refractivity contribution >= 4 is 30.0 Å². The topological polar surface area (TPSA) is 117 Å². The SMILES string of the molecule is CCN(CCCC=O)CCOc1nc(N)c(NC=O)c(N(C)CC2C=C(CN3CCCCC3)C=CC2)n1. The smallest absolute Gasteiger partial charge is 0.320 e. The lowest BCUT2D eigenvalue weighted by atomic mass is 9.95. The number of nitrogens with zero attached hydrogens (tertiary/aromatic N) is 5. The van der Waals surface area contributed by atoms with Crippen LogP contribution in [0.25, 0.3) is 0 Å². The van der Waals surface area contributed by atoms with Gasteiger partial charge in [-0.15, -0.1) is 0 Å². The van der Waals surface area contributed by atoms with Crippen LogP contribution in [0, 0.1) is 5.92 Å². The molecule has 37 heavy (non-hydrogen) atoms. The van der Waals surface area contributed by atoms with E-state index in [4.69, 9.17) is 10.5 Å². The predicted molar refractivity (Wildman–Crippen MR) is 148 cm³/mol. The second-order valence-electron chi connectivity index (χ2n) is 9.80. The Balaban J connectivity index is 1.64. The number of amides is 1. The summed E-state index contributed by atoms with van der Waals surface area (Å²) in [6, 6.07) is 0.185. The predicted octanol–water partition coefficient (Wildman–Crippen LogP) is 2.73. The van der Waals surface area contributed by atoms with Crippen LogP contribution in [-0.4, -0.2) is 91.9 Å². The maximum Gasteiger partial charge on any atom is 0.320 e. The number of nitrogens with two attached hydrogens (primary N) is 1. The number of hydrogen-bond donors (Lipinski definition) is 2. The molecule has 1 saturated heterocycles. The second-order valence-corrected chi connectivity index (χ2v) is 9.80. The summed E-state index contributed by atoms with van der Waals surface area (Å²) in [7, 11) is 1.95. The Labute approximate surface area is 220 Å². The van der Waals surface area contributed by atoms with Gasteiger partial charge in [0.25, 0.3) is 0 Å². The van der Waals surface area contributed by atoms with Crippen LogP contribution in [0.15, 0.2) is 23.8 Å². The van der Waals surface area contributed by atoms with Gasteiger partial charge in [0.2, 0.25) is 6.41 Å². The number of allylic oxidation sites excluding steroid dienone is 1. The van der Waals surface area contributed by atoms with E-state index in [0.717, 1.165) is 45.3 Å². The summed E-state index contributed by atoms with van der Waals surface area (Å²) in [6.45, 7) is 8.93. The number of carbonyl (C=O) groups excluding carboxylic acids is 2. The molecule has 2 heterocycles. The fourth-order valence-electron chi connectivity index (χ4n) is 4.94. The average molecular weight is 514 g/mol. The highest BCUT2D eigenvalue weighted by Crippen LogP contribution is 2.31. The molecule has 204 valence electrons. The number of aldehydes is 1. The molecule has 1 aliphatic heterocycles. The monoisotopic (exact) mass is 513 g/mol. The van der Waals surface area contributed by atoms with E-state index in [9.17, 15) is 9.59 Å². The van der Waals surface area contributed by atoms with Crippen molar-refractivity contribution in [3.05, 3.63) is 23.8 Å². The number of aromatic nitrogens is 2. The van der Waals surface area contributed by atoms with Crippen molar-refractivity contribution in [1.29, 1.82) is 0 Å². The molecule has 2 aliphatic rings. The van der Waals surface area contributed by atoms with E-state index in [-0.39, 0.29) is 11.8 Å². The molecule has 0 aromatic carbocycles. The van der Waals surface area contributed by atoms with Crippen molar-refractivity contribution < 1.29 is 14.3 Å². The van der Waals surface area contributed by atoms with Gasteiger partial charge in [0.1, 0.15) is 18.6 Å². The number of likely N-dealkylation sites (N-methyl/N-ethyl adjacent to an activating group) is 1. The lowest BCUT2D eigenvalue weighted by Crippen LogP contribution is -2.32. The van der Waals surface area contributed by atoms with Crippen molar-refractivity contribution in [3.8, 4) is 6.01 Å². The summed E-state index contributed by atoms with van der Waals surface area (Å²) in [5, 5.41) is 2.66. The fourth-order valence-corrected chi connectivity index (χ4v) is 4.94. The quantitative estimate of drug-likeness (QED) is 0.254. The first-order chi connectivity index (χ1) is 18.0. The van der Waals surface area contributed by atoms with Crippen molar-refractivity contribution in [2.45, 2.75) is 45.4 Å². The van der Waals surface area contributed by atoms with Gasteiger partial charge in [-0.1, -0.05) is 31.6 Å². The second kappa shape index (κ2) is 15.3. The Morgan fingerprint density at radius 3 is 2.76 bits per heavy atom. The number of nitrogen functional groups attached to an aromatic ring is 1. The van der Waals surface area contributed by atoms with Gasteiger partial charge >= 0.3 is 6.01 Å². The van der Waals surface area contributed by atoms with Crippen LogP contribution in [-0.2, 0) is 9.59 Å². The number of piperidine rings is 1. The summed E-state index contributed by atoms with van der Waals surface area (Å²) in [6.07, 6.45) is 14.6. The molecule has 10 nitrogen and oxygen atoms in total. The van der Waals surface area contributed by atoms with Crippen molar-refractivity contribution in [3.63, 3.8) is 0 Å². The minimum Gasteiger partial charge on any atom is -0.462 e. The van der Waals surface area contributed by atoms with Crippen LogP contribution in [0.4, 0.5) is 17.3 Å². The number of hydrogen-bond acceptors (Lipinski definition) is 9. The highest BCUT2D eigenvalue weighted by Gasteiger charge is 2.21. The van der Waals surface area contributed by atoms with Crippen LogP contribution in [0.1, 0.15) is 45.4 Å². The van der Waals surface area contributed by atoms with Gasteiger partial charge in [-0.3, -0.25) is 9.69 Å². The Kier molecular flexibility index (Phi) is 11.8. The number of nitrogens with one attached hydrogen (secondary N) is 1. The van der Waals surface area contributed by atoms with Crippen molar-refractivity contribution in [2.75, 3.05) is 75.4 Å². The molecule has 1 atom stereocenters. The zero-order valence-corrected chi connectivity index (χ0v) is 22.4. The summed E-state index contributed by atoms with van der Waals surface area (Å²) >= 11 is 0. The fraction of sp³-hybridized carbons (Fsp3) is 0.630. The van der Waals surface area contributed by atoms with Crippen molar-refractivity contribution in [2.24, 2.45) is 5.92 Å². The van der Waals surface area contributed by atoms with Crippen LogP contribution in [0.2, 0.25) is 0 Å². The van der Waals surface area contributed by atoms with E-state index in [1.165, 1.54) is 37.9 Å². The van der Waals surface area contributed by atoms with E-state index in [1.807, 2.05) is 11.9 Å². The maximum atomic E-state index is 11.3. The molecule has 1 aromatic heterocycles. The lowest BCUT2D eigenvalue weighted by Gasteiger charge is -2.29. The van der Waals surface area contributed by atoms with Gasteiger partial charge in [0, 0.05) is 33.1 Å². The van der Waals surface area contributed by atoms with E-state index >= 15 is 0 Å². The van der Waals surface area contributed by atoms with Gasteiger partial charge in [-0.2, -0.15) is 9.97 Å². The molecule has 1 aliphatic carbocycles. The Morgan fingerprint density at radius 1 is 1.22 bits per heavy atom. The van der Waals surface area contributed by atoms with Gasteiger partial charge < -0.3 is 30.4 Å². The zero-order chi connectivity index (χ0) is 26.5. The Hall–Kier alpha value is -2.98. The van der Waals surface area contributed by atoms with Crippen LogP contribution in [0.3, 0.4) is 0 Å². The van der Waals surface area contributed by atoms with E-state index in [0.29, 0.717) is 43.4 Å². The number of unbranched alkanes of at least 4 members (excludes halogenated alkanes) is 1. The zero-order valence-electron chi connectivity index (χ0n) is 22.4. The van der Waals surface area contributed by atoms with E-state index < -0.39 is 0 Å². The number of carbonyl (C=O) groups is 2. The van der Waals surface area contributed by atoms with Gasteiger partial charge in [-0.25, -0.2) is 0 Å². The lowest BCUT2D eigenvalue weighted by molar-refractivity contribution is -0.108. The molecule has 0 saturated carbocycles. The number of likely N-dealkylation sites (tertiary alicyclic amines) is 1. The largest absolute Gasteiger partial charge is 0.462 e. The molecule has 0 radical (unpaired) electrons.